The summed E-state index contributed by atoms with van der Waals surface area (Å²) in [5, 5.41) is 0. The summed E-state index contributed by atoms with van der Waals surface area (Å²) in [5.41, 5.74) is 1.18. The van der Waals surface area contributed by atoms with Gasteiger partial charge in [0.25, 0.3) is 0 Å². The number of likely N-dealkylation sites (tertiary alicyclic amines) is 1. The van der Waals surface area contributed by atoms with Crippen molar-refractivity contribution in [3.63, 3.8) is 0 Å². The van der Waals surface area contributed by atoms with E-state index in [1.165, 1.54) is 37.9 Å². The maximum atomic E-state index is 4.01. The normalized spacial score (nSPS) is 19.1. The smallest absolute Gasteiger partial charge is 0.0227 e. The van der Waals surface area contributed by atoms with Crippen LogP contribution >= 0.6 is 0 Å². The fourth-order valence-electron chi connectivity index (χ4n) is 1.66. The van der Waals surface area contributed by atoms with E-state index in [4.69, 9.17) is 0 Å². The molecule has 1 nitrogen and oxygen atoms in total. The van der Waals surface area contributed by atoms with Crippen LogP contribution in [0.1, 0.15) is 19.3 Å². The van der Waals surface area contributed by atoms with E-state index in [1.807, 2.05) is 12.2 Å². The largest absolute Gasteiger partial charge is 0.299 e. The summed E-state index contributed by atoms with van der Waals surface area (Å²) in [6, 6.07) is 0. The monoisotopic (exact) mass is 177 g/mol. The fraction of sp³-hybridized carbons (Fsp3) is 0.500. The second-order valence-electron chi connectivity index (χ2n) is 3.59. The van der Waals surface area contributed by atoms with E-state index >= 15 is 0 Å². The Morgan fingerprint density at radius 2 is 1.92 bits per heavy atom. The van der Waals surface area contributed by atoms with Gasteiger partial charge in [0.1, 0.15) is 0 Å². The molecule has 13 heavy (non-hydrogen) atoms. The second kappa shape index (κ2) is 5.76. The molecule has 1 heterocycles. The van der Waals surface area contributed by atoms with Crippen LogP contribution in [0.4, 0.5) is 0 Å². The number of rotatable bonds is 4. The molecule has 0 amide bonds. The van der Waals surface area contributed by atoms with Crippen molar-refractivity contribution in [2.75, 3.05) is 19.6 Å². The van der Waals surface area contributed by atoms with E-state index in [0.717, 1.165) is 6.54 Å². The third kappa shape index (κ3) is 4.09. The fourth-order valence-corrected chi connectivity index (χ4v) is 1.66. The lowest BCUT2D eigenvalue weighted by atomic mass is 10.1. The van der Waals surface area contributed by atoms with Crippen LogP contribution < -0.4 is 0 Å². The molecule has 0 aromatic rings. The van der Waals surface area contributed by atoms with Gasteiger partial charge in [0.05, 0.1) is 0 Å². The van der Waals surface area contributed by atoms with Gasteiger partial charge in [0.2, 0.25) is 0 Å². The molecule has 0 unspecified atom stereocenters. The van der Waals surface area contributed by atoms with Gasteiger partial charge in [0.15, 0.2) is 0 Å². The molecule has 1 rings (SSSR count). The standard InChI is InChI=1S/C12H19N/c1-3-4-8-12(2)11-13-9-6-5-7-10-13/h3-4,8H,1-2,5-7,9-11H2/b8-4-. The number of hydrogen-bond acceptors (Lipinski definition) is 1. The summed E-state index contributed by atoms with van der Waals surface area (Å²) >= 11 is 0. The van der Waals surface area contributed by atoms with Crippen LogP contribution in [-0.2, 0) is 0 Å². The molecule has 1 fully saturated rings. The average molecular weight is 177 g/mol. The Labute approximate surface area is 81.4 Å². The van der Waals surface area contributed by atoms with Gasteiger partial charge in [0, 0.05) is 6.54 Å². The first-order valence-electron chi connectivity index (χ1n) is 5.02. The zero-order chi connectivity index (χ0) is 9.52. The summed E-state index contributed by atoms with van der Waals surface area (Å²) in [6.45, 7) is 11.1. The lowest BCUT2D eigenvalue weighted by Gasteiger charge is -2.26. The van der Waals surface area contributed by atoms with Crippen LogP contribution in [0.5, 0.6) is 0 Å². The number of allylic oxidation sites excluding steroid dienone is 2. The molecule has 1 aliphatic heterocycles. The zero-order valence-electron chi connectivity index (χ0n) is 8.34. The average Bonchev–Trinajstić information content (AvgIpc) is 2.16. The second-order valence-corrected chi connectivity index (χ2v) is 3.59. The van der Waals surface area contributed by atoms with Gasteiger partial charge in [-0.1, -0.05) is 37.8 Å². The number of piperidine rings is 1. The van der Waals surface area contributed by atoms with Crippen molar-refractivity contribution in [2.45, 2.75) is 19.3 Å². The van der Waals surface area contributed by atoms with Crippen molar-refractivity contribution in [1.29, 1.82) is 0 Å². The highest BCUT2D eigenvalue weighted by molar-refractivity contribution is 5.19. The van der Waals surface area contributed by atoms with Gasteiger partial charge in [-0.25, -0.2) is 0 Å². The molecule has 0 aliphatic carbocycles. The minimum absolute atomic E-state index is 1.02. The third-order valence-corrected chi connectivity index (χ3v) is 2.34. The molecule has 0 saturated carbocycles. The predicted molar refractivity (Wildman–Crippen MR) is 58.8 cm³/mol. The molecule has 0 N–H and O–H groups in total. The molecular weight excluding hydrogens is 158 g/mol. The maximum absolute atomic E-state index is 4.01. The number of hydrogen-bond donors (Lipinski definition) is 0. The van der Waals surface area contributed by atoms with Crippen molar-refractivity contribution >= 4 is 0 Å². The molecule has 1 saturated heterocycles. The van der Waals surface area contributed by atoms with Crippen molar-refractivity contribution in [2.24, 2.45) is 0 Å². The first-order chi connectivity index (χ1) is 6.33. The Balaban J connectivity index is 2.25. The van der Waals surface area contributed by atoms with Crippen molar-refractivity contribution in [3.05, 3.63) is 37.0 Å². The molecule has 0 spiro atoms. The minimum Gasteiger partial charge on any atom is -0.299 e. The molecular formula is C12H19N. The van der Waals surface area contributed by atoms with Gasteiger partial charge in [-0.15, -0.1) is 0 Å². The first-order valence-corrected chi connectivity index (χ1v) is 5.02. The molecule has 0 aromatic heterocycles. The van der Waals surface area contributed by atoms with Gasteiger partial charge >= 0.3 is 0 Å². The Kier molecular flexibility index (Phi) is 4.55. The highest BCUT2D eigenvalue weighted by atomic mass is 15.1. The molecule has 1 heteroatoms. The van der Waals surface area contributed by atoms with Crippen LogP contribution in [0.3, 0.4) is 0 Å². The highest BCUT2D eigenvalue weighted by Crippen LogP contribution is 2.10. The van der Waals surface area contributed by atoms with E-state index < -0.39 is 0 Å². The van der Waals surface area contributed by atoms with E-state index in [-0.39, 0.29) is 0 Å². The Morgan fingerprint density at radius 1 is 1.23 bits per heavy atom. The summed E-state index contributed by atoms with van der Waals surface area (Å²) in [7, 11) is 0. The SMILES string of the molecule is C=C/C=C\C(=C)CN1CCCCC1. The summed E-state index contributed by atoms with van der Waals surface area (Å²) in [4.78, 5) is 2.47. The van der Waals surface area contributed by atoms with E-state index in [2.05, 4.69) is 18.1 Å². The van der Waals surface area contributed by atoms with E-state index in [1.54, 1.807) is 6.08 Å². The topological polar surface area (TPSA) is 3.24 Å². The lowest BCUT2D eigenvalue weighted by Crippen LogP contribution is -2.30. The molecule has 1 aliphatic rings. The Morgan fingerprint density at radius 3 is 2.54 bits per heavy atom. The van der Waals surface area contributed by atoms with Crippen LogP contribution in [0.25, 0.3) is 0 Å². The van der Waals surface area contributed by atoms with Crippen molar-refractivity contribution in [1.82, 2.24) is 4.90 Å². The van der Waals surface area contributed by atoms with Crippen LogP contribution in [-0.4, -0.2) is 24.5 Å². The van der Waals surface area contributed by atoms with Crippen molar-refractivity contribution in [3.8, 4) is 0 Å². The first kappa shape index (κ1) is 10.3. The molecule has 72 valence electrons. The van der Waals surface area contributed by atoms with Crippen LogP contribution in [0, 0.1) is 0 Å². The molecule has 0 atom stereocenters. The predicted octanol–water partition coefficient (Wildman–Crippen LogP) is 2.77. The van der Waals surface area contributed by atoms with Crippen LogP contribution in [0.15, 0.2) is 37.0 Å². The Bertz CT molecular complexity index is 197. The minimum atomic E-state index is 1.02. The lowest BCUT2D eigenvalue weighted by molar-refractivity contribution is 0.248. The van der Waals surface area contributed by atoms with Gasteiger partial charge in [-0.3, -0.25) is 4.90 Å². The number of nitrogens with zero attached hydrogens (tertiary/aromatic N) is 1. The Hall–Kier alpha value is -0.820. The molecule has 0 bridgehead atoms. The molecule has 0 radical (unpaired) electrons. The summed E-state index contributed by atoms with van der Waals surface area (Å²) in [6.07, 6.45) is 9.87. The van der Waals surface area contributed by atoms with E-state index in [0.29, 0.717) is 0 Å². The van der Waals surface area contributed by atoms with Gasteiger partial charge in [-0.05, 0) is 31.5 Å². The molecule has 0 aromatic carbocycles. The maximum Gasteiger partial charge on any atom is 0.0227 e. The van der Waals surface area contributed by atoms with Crippen LogP contribution in [0.2, 0.25) is 0 Å². The zero-order valence-corrected chi connectivity index (χ0v) is 8.34. The highest BCUT2D eigenvalue weighted by Gasteiger charge is 2.09. The quantitative estimate of drug-likeness (QED) is 0.597. The summed E-state index contributed by atoms with van der Waals surface area (Å²) in [5.74, 6) is 0. The van der Waals surface area contributed by atoms with Crippen molar-refractivity contribution < 1.29 is 0 Å². The van der Waals surface area contributed by atoms with E-state index in [9.17, 15) is 0 Å². The van der Waals surface area contributed by atoms with Gasteiger partial charge in [-0.2, -0.15) is 0 Å². The third-order valence-electron chi connectivity index (χ3n) is 2.34. The van der Waals surface area contributed by atoms with Gasteiger partial charge < -0.3 is 0 Å². The summed E-state index contributed by atoms with van der Waals surface area (Å²) < 4.78 is 0.